The fourth-order valence-corrected chi connectivity index (χ4v) is 2.55. The Hall–Kier alpha value is -1.43. The van der Waals surface area contributed by atoms with Crippen LogP contribution in [0.15, 0.2) is 4.42 Å². The number of hydrogen-bond acceptors (Lipinski definition) is 5. The first-order chi connectivity index (χ1) is 9.20. The van der Waals surface area contributed by atoms with Gasteiger partial charge in [-0.2, -0.15) is 0 Å². The SMILES string of the molecule is Cc1nnc(CN2CCCC(C(=O)NC3CC3)C2)o1. The van der Waals surface area contributed by atoms with Gasteiger partial charge in [-0.05, 0) is 32.2 Å². The maximum absolute atomic E-state index is 12.1. The molecule has 1 atom stereocenters. The standard InChI is InChI=1S/C13H20N4O2/c1-9-15-16-12(19-9)8-17-6-2-3-10(7-17)13(18)14-11-4-5-11/h10-11H,2-8H2,1H3,(H,14,18). The van der Waals surface area contributed by atoms with Crippen molar-refractivity contribution in [2.75, 3.05) is 13.1 Å². The van der Waals surface area contributed by atoms with Crippen LogP contribution < -0.4 is 5.32 Å². The van der Waals surface area contributed by atoms with Crippen molar-refractivity contribution in [2.45, 2.75) is 45.2 Å². The molecule has 0 radical (unpaired) electrons. The van der Waals surface area contributed by atoms with Gasteiger partial charge in [-0.25, -0.2) is 0 Å². The summed E-state index contributed by atoms with van der Waals surface area (Å²) in [4.78, 5) is 14.3. The van der Waals surface area contributed by atoms with Gasteiger partial charge in [0.1, 0.15) is 0 Å². The molecule has 3 rings (SSSR count). The van der Waals surface area contributed by atoms with Gasteiger partial charge < -0.3 is 9.73 Å². The Morgan fingerprint density at radius 2 is 2.26 bits per heavy atom. The number of rotatable bonds is 4. The zero-order chi connectivity index (χ0) is 13.2. The Morgan fingerprint density at radius 1 is 1.42 bits per heavy atom. The zero-order valence-corrected chi connectivity index (χ0v) is 11.3. The van der Waals surface area contributed by atoms with Gasteiger partial charge in [-0.1, -0.05) is 0 Å². The molecule has 1 aliphatic heterocycles. The zero-order valence-electron chi connectivity index (χ0n) is 11.3. The summed E-state index contributed by atoms with van der Waals surface area (Å²) in [5, 5.41) is 10.9. The van der Waals surface area contributed by atoms with Crippen LogP contribution in [-0.4, -0.2) is 40.1 Å². The molecule has 1 saturated carbocycles. The molecule has 0 spiro atoms. The predicted octanol–water partition coefficient (Wildman–Crippen LogP) is 0.869. The van der Waals surface area contributed by atoms with Crippen LogP contribution in [0.2, 0.25) is 0 Å². The summed E-state index contributed by atoms with van der Waals surface area (Å²) in [6.45, 7) is 4.22. The number of nitrogens with one attached hydrogen (secondary N) is 1. The third kappa shape index (κ3) is 3.32. The van der Waals surface area contributed by atoms with E-state index in [9.17, 15) is 4.79 Å². The number of piperidine rings is 1. The molecular formula is C13H20N4O2. The first-order valence-corrected chi connectivity index (χ1v) is 7.02. The van der Waals surface area contributed by atoms with Crippen molar-refractivity contribution in [3.63, 3.8) is 0 Å². The minimum absolute atomic E-state index is 0.110. The van der Waals surface area contributed by atoms with Gasteiger partial charge in [0.05, 0.1) is 12.5 Å². The second kappa shape index (κ2) is 5.28. The van der Waals surface area contributed by atoms with Crippen molar-refractivity contribution in [3.05, 3.63) is 11.8 Å². The highest BCUT2D eigenvalue weighted by molar-refractivity contribution is 5.79. The van der Waals surface area contributed by atoms with Crippen molar-refractivity contribution in [1.29, 1.82) is 0 Å². The maximum Gasteiger partial charge on any atom is 0.230 e. The minimum Gasteiger partial charge on any atom is -0.424 e. The molecule has 104 valence electrons. The Labute approximate surface area is 112 Å². The van der Waals surface area contributed by atoms with Gasteiger partial charge in [0, 0.05) is 19.5 Å². The molecule has 2 fully saturated rings. The van der Waals surface area contributed by atoms with E-state index in [0.29, 0.717) is 24.4 Å². The molecule has 6 nitrogen and oxygen atoms in total. The van der Waals surface area contributed by atoms with Crippen molar-refractivity contribution < 1.29 is 9.21 Å². The molecule has 2 heterocycles. The van der Waals surface area contributed by atoms with Crippen LogP contribution >= 0.6 is 0 Å². The fourth-order valence-electron chi connectivity index (χ4n) is 2.55. The highest BCUT2D eigenvalue weighted by atomic mass is 16.4. The number of amides is 1. The molecule has 1 saturated heterocycles. The third-order valence-electron chi connectivity index (χ3n) is 3.73. The second-order valence-electron chi connectivity index (χ2n) is 5.57. The van der Waals surface area contributed by atoms with Crippen LogP contribution in [0.3, 0.4) is 0 Å². The van der Waals surface area contributed by atoms with Crippen LogP contribution in [0, 0.1) is 12.8 Å². The lowest BCUT2D eigenvalue weighted by molar-refractivity contribution is -0.127. The van der Waals surface area contributed by atoms with Crippen molar-refractivity contribution in [3.8, 4) is 0 Å². The number of carbonyl (C=O) groups is 1. The molecule has 1 aliphatic carbocycles. The van der Waals surface area contributed by atoms with Crippen LogP contribution in [0.4, 0.5) is 0 Å². The smallest absolute Gasteiger partial charge is 0.230 e. The van der Waals surface area contributed by atoms with Gasteiger partial charge in [-0.15, -0.1) is 10.2 Å². The molecule has 6 heteroatoms. The lowest BCUT2D eigenvalue weighted by atomic mass is 9.97. The predicted molar refractivity (Wildman–Crippen MR) is 68.2 cm³/mol. The van der Waals surface area contributed by atoms with Gasteiger partial charge in [0.25, 0.3) is 0 Å². The number of aryl methyl sites for hydroxylation is 1. The molecule has 1 N–H and O–H groups in total. The summed E-state index contributed by atoms with van der Waals surface area (Å²) >= 11 is 0. The van der Waals surface area contributed by atoms with Crippen molar-refractivity contribution in [2.24, 2.45) is 5.92 Å². The summed E-state index contributed by atoms with van der Waals surface area (Å²) in [6.07, 6.45) is 4.32. The molecule has 1 amide bonds. The molecule has 2 aliphatic rings. The van der Waals surface area contributed by atoms with Gasteiger partial charge in [0.15, 0.2) is 0 Å². The summed E-state index contributed by atoms with van der Waals surface area (Å²) < 4.78 is 5.39. The van der Waals surface area contributed by atoms with E-state index in [4.69, 9.17) is 4.42 Å². The topological polar surface area (TPSA) is 71.3 Å². The number of aromatic nitrogens is 2. The van der Waals surface area contributed by atoms with Crippen LogP contribution in [0.25, 0.3) is 0 Å². The fraction of sp³-hybridized carbons (Fsp3) is 0.769. The Balaban J connectivity index is 1.53. The van der Waals surface area contributed by atoms with E-state index in [1.807, 2.05) is 0 Å². The number of nitrogens with zero attached hydrogens (tertiary/aromatic N) is 3. The average molecular weight is 264 g/mol. The molecule has 0 aromatic carbocycles. The largest absolute Gasteiger partial charge is 0.424 e. The van der Waals surface area contributed by atoms with Gasteiger partial charge in [0.2, 0.25) is 17.7 Å². The van der Waals surface area contributed by atoms with Crippen molar-refractivity contribution in [1.82, 2.24) is 20.4 Å². The van der Waals surface area contributed by atoms with Crippen LogP contribution in [-0.2, 0) is 11.3 Å². The van der Waals surface area contributed by atoms with Crippen LogP contribution in [0.1, 0.15) is 37.5 Å². The lowest BCUT2D eigenvalue weighted by Gasteiger charge is -2.30. The van der Waals surface area contributed by atoms with Crippen molar-refractivity contribution >= 4 is 5.91 Å². The summed E-state index contributed by atoms with van der Waals surface area (Å²) in [5.74, 6) is 1.56. The van der Waals surface area contributed by atoms with Crippen LogP contribution in [0.5, 0.6) is 0 Å². The molecule has 1 aromatic rings. The Bertz CT molecular complexity index is 455. The van der Waals surface area contributed by atoms with E-state index >= 15 is 0 Å². The summed E-state index contributed by atoms with van der Waals surface area (Å²) in [5.41, 5.74) is 0. The molecule has 1 aromatic heterocycles. The highest BCUT2D eigenvalue weighted by Gasteiger charge is 2.30. The molecule has 19 heavy (non-hydrogen) atoms. The van der Waals surface area contributed by atoms with E-state index in [-0.39, 0.29) is 11.8 Å². The number of likely N-dealkylation sites (tertiary alicyclic amines) is 1. The number of carbonyl (C=O) groups excluding carboxylic acids is 1. The third-order valence-corrected chi connectivity index (χ3v) is 3.73. The number of hydrogen-bond donors (Lipinski definition) is 1. The maximum atomic E-state index is 12.1. The van der Waals surface area contributed by atoms with E-state index in [0.717, 1.165) is 38.8 Å². The summed E-state index contributed by atoms with van der Waals surface area (Å²) in [7, 11) is 0. The van der Waals surface area contributed by atoms with Gasteiger partial charge in [-0.3, -0.25) is 9.69 Å². The Kier molecular flexibility index (Phi) is 3.50. The molecular weight excluding hydrogens is 244 g/mol. The van der Waals surface area contributed by atoms with E-state index in [2.05, 4.69) is 20.4 Å². The monoisotopic (exact) mass is 264 g/mol. The minimum atomic E-state index is 0.110. The van der Waals surface area contributed by atoms with E-state index in [1.165, 1.54) is 0 Å². The van der Waals surface area contributed by atoms with E-state index < -0.39 is 0 Å². The average Bonchev–Trinajstić information content (AvgIpc) is 3.12. The highest BCUT2D eigenvalue weighted by Crippen LogP contribution is 2.22. The lowest BCUT2D eigenvalue weighted by Crippen LogP contribution is -2.43. The second-order valence-corrected chi connectivity index (χ2v) is 5.57. The molecule has 0 bridgehead atoms. The normalized spacial score (nSPS) is 24.4. The molecule has 1 unspecified atom stereocenters. The quantitative estimate of drug-likeness (QED) is 0.873. The first kappa shape index (κ1) is 12.6. The Morgan fingerprint density at radius 3 is 2.95 bits per heavy atom. The van der Waals surface area contributed by atoms with Gasteiger partial charge >= 0.3 is 0 Å². The first-order valence-electron chi connectivity index (χ1n) is 7.02. The summed E-state index contributed by atoms with van der Waals surface area (Å²) in [6, 6.07) is 0.446. The van der Waals surface area contributed by atoms with E-state index in [1.54, 1.807) is 6.92 Å².